The van der Waals surface area contributed by atoms with E-state index in [1.807, 2.05) is 12.1 Å². The highest BCUT2D eigenvalue weighted by atomic mass is 35.5. The largest absolute Gasteiger partial charge is 0.493 e. The van der Waals surface area contributed by atoms with E-state index in [-0.39, 0.29) is 5.69 Å². The van der Waals surface area contributed by atoms with Gasteiger partial charge in [0.1, 0.15) is 6.61 Å². The SMILES string of the molecule is COc1cc(C(=O)Nc2cccc([N+](=O)[O-])c2)ccc1OCc1ccc(Cl)cc1. The van der Waals surface area contributed by atoms with Crippen LogP contribution in [0.5, 0.6) is 11.5 Å². The van der Waals surface area contributed by atoms with Gasteiger partial charge in [-0.15, -0.1) is 0 Å². The van der Waals surface area contributed by atoms with Crippen molar-refractivity contribution in [3.8, 4) is 11.5 Å². The van der Waals surface area contributed by atoms with Gasteiger partial charge in [0, 0.05) is 28.4 Å². The minimum Gasteiger partial charge on any atom is -0.493 e. The average Bonchev–Trinajstić information content (AvgIpc) is 2.73. The van der Waals surface area contributed by atoms with Gasteiger partial charge in [-0.1, -0.05) is 29.8 Å². The van der Waals surface area contributed by atoms with Crippen molar-refractivity contribution in [2.24, 2.45) is 0 Å². The molecule has 8 heteroatoms. The van der Waals surface area contributed by atoms with Gasteiger partial charge < -0.3 is 14.8 Å². The summed E-state index contributed by atoms with van der Waals surface area (Å²) in [6.07, 6.45) is 0. The van der Waals surface area contributed by atoms with E-state index in [9.17, 15) is 14.9 Å². The second-order valence-corrected chi connectivity index (χ2v) is 6.48. The van der Waals surface area contributed by atoms with Crippen LogP contribution in [0.3, 0.4) is 0 Å². The zero-order chi connectivity index (χ0) is 20.8. The highest BCUT2D eigenvalue weighted by molar-refractivity contribution is 6.30. The molecule has 0 saturated carbocycles. The summed E-state index contributed by atoms with van der Waals surface area (Å²) in [6, 6.07) is 17.8. The fourth-order valence-corrected chi connectivity index (χ4v) is 2.70. The molecule has 3 aromatic carbocycles. The number of carbonyl (C=O) groups is 1. The lowest BCUT2D eigenvalue weighted by Gasteiger charge is -2.12. The highest BCUT2D eigenvalue weighted by Crippen LogP contribution is 2.29. The number of methoxy groups -OCH3 is 1. The third kappa shape index (κ3) is 5.24. The Kier molecular flexibility index (Phi) is 6.31. The van der Waals surface area contributed by atoms with Gasteiger partial charge in [-0.3, -0.25) is 14.9 Å². The van der Waals surface area contributed by atoms with E-state index in [0.29, 0.717) is 34.4 Å². The summed E-state index contributed by atoms with van der Waals surface area (Å²) in [7, 11) is 1.48. The third-order valence-corrected chi connectivity index (χ3v) is 4.30. The first-order chi connectivity index (χ1) is 14.0. The normalized spacial score (nSPS) is 10.3. The maximum Gasteiger partial charge on any atom is 0.271 e. The van der Waals surface area contributed by atoms with Gasteiger partial charge in [0.2, 0.25) is 0 Å². The van der Waals surface area contributed by atoms with Crippen LogP contribution in [0.4, 0.5) is 11.4 Å². The fourth-order valence-electron chi connectivity index (χ4n) is 2.57. The summed E-state index contributed by atoms with van der Waals surface area (Å²) in [5.41, 5.74) is 1.48. The van der Waals surface area contributed by atoms with Crippen LogP contribution in [0.2, 0.25) is 5.02 Å². The van der Waals surface area contributed by atoms with Gasteiger partial charge in [-0.05, 0) is 42.0 Å². The molecule has 0 bridgehead atoms. The Morgan fingerprint density at radius 3 is 2.52 bits per heavy atom. The lowest BCUT2D eigenvalue weighted by atomic mass is 10.1. The summed E-state index contributed by atoms with van der Waals surface area (Å²) in [4.78, 5) is 22.8. The van der Waals surface area contributed by atoms with Gasteiger partial charge in [-0.2, -0.15) is 0 Å². The van der Waals surface area contributed by atoms with Crippen LogP contribution in [0.25, 0.3) is 0 Å². The summed E-state index contributed by atoms with van der Waals surface area (Å²) in [6.45, 7) is 0.312. The predicted molar refractivity (Wildman–Crippen MR) is 110 cm³/mol. The zero-order valence-electron chi connectivity index (χ0n) is 15.4. The fraction of sp³-hybridized carbons (Fsp3) is 0.0952. The first-order valence-corrected chi connectivity index (χ1v) is 8.95. The Hall–Kier alpha value is -3.58. The number of halogens is 1. The molecule has 0 heterocycles. The van der Waals surface area contributed by atoms with Crippen molar-refractivity contribution in [2.45, 2.75) is 6.61 Å². The minimum atomic E-state index is -0.522. The van der Waals surface area contributed by atoms with E-state index in [0.717, 1.165) is 5.56 Å². The van der Waals surface area contributed by atoms with Crippen molar-refractivity contribution < 1.29 is 19.2 Å². The van der Waals surface area contributed by atoms with Gasteiger partial charge in [0.05, 0.1) is 12.0 Å². The molecule has 0 saturated heterocycles. The van der Waals surface area contributed by atoms with E-state index in [1.54, 1.807) is 36.4 Å². The Morgan fingerprint density at radius 2 is 1.83 bits per heavy atom. The second-order valence-electron chi connectivity index (χ2n) is 6.04. The Bertz CT molecular complexity index is 1040. The van der Waals surface area contributed by atoms with Gasteiger partial charge in [-0.25, -0.2) is 0 Å². The summed E-state index contributed by atoms with van der Waals surface area (Å²) >= 11 is 5.87. The first kappa shape index (κ1) is 20.2. The van der Waals surface area contributed by atoms with E-state index in [4.69, 9.17) is 21.1 Å². The number of ether oxygens (including phenoxy) is 2. The molecule has 1 amide bonds. The number of hydrogen-bond acceptors (Lipinski definition) is 5. The minimum absolute atomic E-state index is 0.105. The number of nitro benzene ring substituents is 1. The molecule has 3 rings (SSSR count). The zero-order valence-corrected chi connectivity index (χ0v) is 16.2. The molecule has 7 nitrogen and oxygen atoms in total. The molecule has 0 aliphatic carbocycles. The lowest BCUT2D eigenvalue weighted by Crippen LogP contribution is -2.12. The van der Waals surface area contributed by atoms with Crippen molar-refractivity contribution in [1.29, 1.82) is 0 Å². The van der Waals surface area contributed by atoms with Crippen molar-refractivity contribution in [2.75, 3.05) is 12.4 Å². The van der Waals surface area contributed by atoms with E-state index in [1.165, 1.54) is 25.3 Å². The number of benzene rings is 3. The molecule has 0 fully saturated rings. The predicted octanol–water partition coefficient (Wildman–Crippen LogP) is 5.09. The second kappa shape index (κ2) is 9.07. The molecule has 0 atom stereocenters. The maximum atomic E-state index is 12.5. The van der Waals surface area contributed by atoms with Gasteiger partial charge in [0.25, 0.3) is 11.6 Å². The Labute approximate surface area is 172 Å². The quantitative estimate of drug-likeness (QED) is 0.431. The molecule has 0 aliphatic rings. The van der Waals surface area contributed by atoms with Gasteiger partial charge in [0.15, 0.2) is 11.5 Å². The van der Waals surface area contributed by atoms with Crippen LogP contribution in [-0.2, 0) is 6.61 Å². The number of amides is 1. The van der Waals surface area contributed by atoms with E-state index >= 15 is 0 Å². The molecule has 0 spiro atoms. The summed E-state index contributed by atoms with van der Waals surface area (Å²) in [5, 5.41) is 14.1. The maximum absolute atomic E-state index is 12.5. The van der Waals surface area contributed by atoms with Gasteiger partial charge >= 0.3 is 0 Å². The van der Waals surface area contributed by atoms with Crippen molar-refractivity contribution in [1.82, 2.24) is 0 Å². The molecule has 3 aromatic rings. The number of carbonyl (C=O) groups excluding carboxylic acids is 1. The van der Waals surface area contributed by atoms with Crippen LogP contribution in [-0.4, -0.2) is 17.9 Å². The molecule has 0 unspecified atom stereocenters. The summed E-state index contributed by atoms with van der Waals surface area (Å²) < 4.78 is 11.1. The number of hydrogen-bond donors (Lipinski definition) is 1. The van der Waals surface area contributed by atoms with Crippen molar-refractivity contribution >= 4 is 28.9 Å². The molecule has 0 radical (unpaired) electrons. The molecule has 0 aliphatic heterocycles. The average molecular weight is 413 g/mol. The van der Waals surface area contributed by atoms with Crippen molar-refractivity contribution in [3.63, 3.8) is 0 Å². The van der Waals surface area contributed by atoms with Crippen LogP contribution >= 0.6 is 11.6 Å². The monoisotopic (exact) mass is 412 g/mol. The topological polar surface area (TPSA) is 90.7 Å². The van der Waals surface area contributed by atoms with E-state index < -0.39 is 10.8 Å². The van der Waals surface area contributed by atoms with E-state index in [2.05, 4.69) is 5.32 Å². The smallest absolute Gasteiger partial charge is 0.271 e. The van der Waals surface area contributed by atoms with Crippen LogP contribution in [0.1, 0.15) is 15.9 Å². The number of nitrogens with one attached hydrogen (secondary N) is 1. The first-order valence-electron chi connectivity index (χ1n) is 8.57. The molecular weight excluding hydrogens is 396 g/mol. The van der Waals surface area contributed by atoms with Crippen molar-refractivity contribution in [3.05, 3.63) is 93.0 Å². The molecule has 29 heavy (non-hydrogen) atoms. The standard InChI is InChI=1S/C21H17ClN2O5/c1-28-20-11-15(21(25)23-17-3-2-4-18(12-17)24(26)27)7-10-19(20)29-13-14-5-8-16(22)9-6-14/h2-12H,13H2,1H3,(H,23,25). The van der Waals surface area contributed by atoms with Crippen LogP contribution in [0, 0.1) is 10.1 Å². The molecule has 0 aromatic heterocycles. The third-order valence-electron chi connectivity index (χ3n) is 4.05. The molecule has 148 valence electrons. The highest BCUT2D eigenvalue weighted by Gasteiger charge is 2.13. The number of anilines is 1. The number of nitro groups is 1. The lowest BCUT2D eigenvalue weighted by molar-refractivity contribution is -0.384. The Balaban J connectivity index is 1.72. The summed E-state index contributed by atoms with van der Waals surface area (Å²) in [5.74, 6) is 0.452. The number of non-ortho nitro benzene ring substituents is 1. The number of rotatable bonds is 7. The molecular formula is C21H17ClN2O5. The number of nitrogens with zero attached hydrogens (tertiary/aromatic N) is 1. The molecule has 1 N–H and O–H groups in total. The van der Waals surface area contributed by atoms with Crippen LogP contribution in [0.15, 0.2) is 66.7 Å². The Morgan fingerprint density at radius 1 is 1.07 bits per heavy atom. The van der Waals surface area contributed by atoms with Crippen LogP contribution < -0.4 is 14.8 Å².